The topological polar surface area (TPSA) is 93.4 Å². The molecule has 0 bridgehead atoms. The van der Waals surface area contributed by atoms with Crippen LogP contribution in [0.1, 0.15) is 6.92 Å². The fourth-order valence-electron chi connectivity index (χ4n) is 2.65. The highest BCUT2D eigenvalue weighted by Crippen LogP contribution is 2.29. The van der Waals surface area contributed by atoms with Crippen molar-refractivity contribution in [3.8, 4) is 17.1 Å². The van der Waals surface area contributed by atoms with Gasteiger partial charge in [0.15, 0.2) is 17.3 Å². The summed E-state index contributed by atoms with van der Waals surface area (Å²) in [5, 5.41) is 22.9. The Labute approximate surface area is 158 Å². The summed E-state index contributed by atoms with van der Waals surface area (Å²) in [6.07, 6.45) is 0. The third-order valence-electron chi connectivity index (χ3n) is 3.82. The Morgan fingerprint density at radius 2 is 2.07 bits per heavy atom. The van der Waals surface area contributed by atoms with E-state index in [9.17, 15) is 4.79 Å². The number of hydrogen-bond acceptors (Lipinski definition) is 7. The number of aromatic nitrogens is 4. The number of nitrogens with zero attached hydrogens (tertiary/aromatic N) is 4. The van der Waals surface area contributed by atoms with Crippen LogP contribution in [-0.2, 0) is 4.79 Å². The molecule has 8 nitrogen and oxygen atoms in total. The lowest BCUT2D eigenvalue weighted by atomic mass is 10.2. The number of benzene rings is 1. The second-order valence-corrected chi connectivity index (χ2v) is 6.53. The number of carbonyl (C=O) groups excluding carboxylic acids is 1. The maximum atomic E-state index is 11.4. The van der Waals surface area contributed by atoms with Gasteiger partial charge < -0.3 is 15.4 Å². The molecule has 3 aromatic heterocycles. The van der Waals surface area contributed by atoms with E-state index in [1.807, 2.05) is 35.0 Å². The van der Waals surface area contributed by atoms with Crippen molar-refractivity contribution in [2.24, 2.45) is 0 Å². The highest BCUT2D eigenvalue weighted by Gasteiger charge is 2.11. The first-order valence-corrected chi connectivity index (χ1v) is 9.06. The van der Waals surface area contributed by atoms with Gasteiger partial charge in [0, 0.05) is 23.6 Å². The van der Waals surface area contributed by atoms with Gasteiger partial charge in [0.2, 0.25) is 5.91 Å². The second kappa shape index (κ2) is 7.04. The number of anilines is 3. The number of amides is 1. The molecule has 0 atom stereocenters. The van der Waals surface area contributed by atoms with Crippen molar-refractivity contribution in [2.75, 3.05) is 17.7 Å². The van der Waals surface area contributed by atoms with Crippen molar-refractivity contribution in [3.05, 3.63) is 47.2 Å². The molecule has 9 heteroatoms. The third kappa shape index (κ3) is 3.44. The molecular formula is C18H16N6O2S. The van der Waals surface area contributed by atoms with Crippen molar-refractivity contribution < 1.29 is 9.53 Å². The van der Waals surface area contributed by atoms with Gasteiger partial charge in [0.25, 0.3) is 0 Å². The largest absolute Gasteiger partial charge is 0.495 e. The number of ether oxygens (including phenoxy) is 1. The Bertz CT molecular complexity index is 1110. The fourth-order valence-corrected chi connectivity index (χ4v) is 3.28. The van der Waals surface area contributed by atoms with Crippen molar-refractivity contribution in [1.82, 2.24) is 19.8 Å². The van der Waals surface area contributed by atoms with Crippen molar-refractivity contribution in [2.45, 2.75) is 6.92 Å². The molecule has 0 fully saturated rings. The number of rotatable bonds is 5. The van der Waals surface area contributed by atoms with Gasteiger partial charge in [-0.25, -0.2) is 0 Å². The molecule has 1 amide bonds. The summed E-state index contributed by atoms with van der Waals surface area (Å²) in [6, 6.07) is 11.1. The van der Waals surface area contributed by atoms with Crippen LogP contribution in [0.15, 0.2) is 47.2 Å². The fraction of sp³-hybridized carbons (Fsp3) is 0.111. The van der Waals surface area contributed by atoms with Crippen LogP contribution in [-0.4, -0.2) is 32.8 Å². The molecule has 0 aliphatic heterocycles. The second-order valence-electron chi connectivity index (χ2n) is 5.75. The predicted octanol–water partition coefficient (Wildman–Crippen LogP) is 3.56. The predicted molar refractivity (Wildman–Crippen MR) is 105 cm³/mol. The molecule has 0 spiro atoms. The third-order valence-corrected chi connectivity index (χ3v) is 4.51. The maximum absolute atomic E-state index is 11.4. The van der Waals surface area contributed by atoms with Crippen molar-refractivity contribution in [3.63, 3.8) is 0 Å². The monoisotopic (exact) mass is 380 g/mol. The highest BCUT2D eigenvalue weighted by atomic mass is 32.1. The van der Waals surface area contributed by atoms with Gasteiger partial charge in [-0.1, -0.05) is 0 Å². The van der Waals surface area contributed by atoms with Gasteiger partial charge in [-0.2, -0.15) is 15.9 Å². The summed E-state index contributed by atoms with van der Waals surface area (Å²) in [5.41, 5.74) is 2.97. The van der Waals surface area contributed by atoms with Crippen LogP contribution < -0.4 is 15.4 Å². The quantitative estimate of drug-likeness (QED) is 0.550. The minimum Gasteiger partial charge on any atom is -0.495 e. The summed E-state index contributed by atoms with van der Waals surface area (Å²) in [4.78, 5) is 11.4. The lowest BCUT2D eigenvalue weighted by Crippen LogP contribution is -2.07. The number of thiophene rings is 1. The normalized spacial score (nSPS) is 10.7. The van der Waals surface area contributed by atoms with Gasteiger partial charge in [0.05, 0.1) is 12.8 Å². The summed E-state index contributed by atoms with van der Waals surface area (Å²) in [5.74, 6) is 1.72. The zero-order valence-corrected chi connectivity index (χ0v) is 15.4. The van der Waals surface area contributed by atoms with E-state index < -0.39 is 0 Å². The SMILES string of the molecule is COc1ccc(Nc2ccc3nnc(-c4ccsc4)n3n2)cc1NC(C)=O. The minimum atomic E-state index is -0.171. The average Bonchev–Trinajstić information content (AvgIpc) is 3.30. The Hall–Kier alpha value is -3.46. The van der Waals surface area contributed by atoms with E-state index in [2.05, 4.69) is 25.9 Å². The Morgan fingerprint density at radius 1 is 1.19 bits per heavy atom. The summed E-state index contributed by atoms with van der Waals surface area (Å²) >= 11 is 1.59. The van der Waals surface area contributed by atoms with Crippen LogP contribution in [0.4, 0.5) is 17.2 Å². The zero-order valence-electron chi connectivity index (χ0n) is 14.6. The molecule has 4 rings (SSSR count). The van der Waals surface area contributed by atoms with Gasteiger partial charge in [0.1, 0.15) is 5.75 Å². The molecule has 27 heavy (non-hydrogen) atoms. The molecule has 0 saturated carbocycles. The van der Waals surface area contributed by atoms with Crippen molar-refractivity contribution >= 4 is 40.1 Å². The first kappa shape index (κ1) is 17.0. The van der Waals surface area contributed by atoms with Crippen molar-refractivity contribution in [1.29, 1.82) is 0 Å². The number of hydrogen-bond donors (Lipinski definition) is 2. The van der Waals surface area contributed by atoms with Gasteiger partial charge in [-0.15, -0.1) is 15.3 Å². The zero-order chi connectivity index (χ0) is 18.8. The Morgan fingerprint density at radius 3 is 2.81 bits per heavy atom. The van der Waals surface area contributed by atoms with Crippen LogP contribution in [0.3, 0.4) is 0 Å². The van der Waals surface area contributed by atoms with Crippen LogP contribution in [0.25, 0.3) is 17.0 Å². The van der Waals surface area contributed by atoms with E-state index in [1.54, 1.807) is 35.1 Å². The molecule has 2 N–H and O–H groups in total. The minimum absolute atomic E-state index is 0.171. The molecule has 0 aliphatic carbocycles. The molecular weight excluding hydrogens is 364 g/mol. The van der Waals surface area contributed by atoms with Gasteiger partial charge in [-0.3, -0.25) is 4.79 Å². The van der Waals surface area contributed by atoms with E-state index in [4.69, 9.17) is 4.74 Å². The smallest absolute Gasteiger partial charge is 0.221 e. The van der Waals surface area contributed by atoms with E-state index in [-0.39, 0.29) is 5.91 Å². The first-order valence-electron chi connectivity index (χ1n) is 8.12. The van der Waals surface area contributed by atoms with Crippen LogP contribution in [0.2, 0.25) is 0 Å². The highest BCUT2D eigenvalue weighted by molar-refractivity contribution is 7.08. The number of fused-ring (bicyclic) bond motifs is 1. The summed E-state index contributed by atoms with van der Waals surface area (Å²) in [7, 11) is 1.56. The number of methoxy groups -OCH3 is 1. The number of carbonyl (C=O) groups is 1. The molecule has 0 saturated heterocycles. The molecule has 0 radical (unpaired) electrons. The molecule has 4 aromatic rings. The molecule has 0 unspecified atom stereocenters. The molecule has 1 aromatic carbocycles. The standard InChI is InChI=1S/C18H16N6O2S/c1-11(25)19-14-9-13(3-4-15(14)26-2)20-16-5-6-17-21-22-18(24(17)23-16)12-7-8-27-10-12/h3-10H,1-2H3,(H,19,25)(H,20,23). The van der Waals surface area contributed by atoms with E-state index in [0.29, 0.717) is 28.7 Å². The number of nitrogens with one attached hydrogen (secondary N) is 2. The van der Waals surface area contributed by atoms with Gasteiger partial charge in [-0.05, 0) is 41.8 Å². The summed E-state index contributed by atoms with van der Waals surface area (Å²) in [6.45, 7) is 1.45. The van der Waals surface area contributed by atoms with E-state index >= 15 is 0 Å². The Kier molecular flexibility index (Phi) is 4.43. The molecule has 136 valence electrons. The first-order chi connectivity index (χ1) is 13.1. The van der Waals surface area contributed by atoms with Crippen LogP contribution >= 0.6 is 11.3 Å². The summed E-state index contributed by atoms with van der Waals surface area (Å²) < 4.78 is 6.98. The van der Waals surface area contributed by atoms with Crippen LogP contribution in [0, 0.1) is 0 Å². The van der Waals surface area contributed by atoms with E-state index in [1.165, 1.54) is 6.92 Å². The molecule has 0 aliphatic rings. The van der Waals surface area contributed by atoms with E-state index in [0.717, 1.165) is 11.3 Å². The van der Waals surface area contributed by atoms with Crippen LogP contribution in [0.5, 0.6) is 5.75 Å². The average molecular weight is 380 g/mol. The Balaban J connectivity index is 1.67. The van der Waals surface area contributed by atoms with Gasteiger partial charge >= 0.3 is 0 Å². The lowest BCUT2D eigenvalue weighted by molar-refractivity contribution is -0.114. The maximum Gasteiger partial charge on any atom is 0.221 e. The lowest BCUT2D eigenvalue weighted by Gasteiger charge is -2.12. The molecule has 3 heterocycles.